The fourth-order valence-corrected chi connectivity index (χ4v) is 2.17. The lowest BCUT2D eigenvalue weighted by molar-refractivity contribution is 0.597. The Morgan fingerprint density at radius 2 is 1.65 bits per heavy atom. The minimum atomic E-state index is -0.0206. The van der Waals surface area contributed by atoms with Crippen LogP contribution in [0.1, 0.15) is 0 Å². The van der Waals surface area contributed by atoms with Gasteiger partial charge in [-0.05, 0) is 23.3 Å². The van der Waals surface area contributed by atoms with Crippen molar-refractivity contribution in [2.45, 2.75) is 0 Å². The Kier molecular flexibility index (Phi) is 3.03. The van der Waals surface area contributed by atoms with Gasteiger partial charge in [0.15, 0.2) is 11.3 Å². The van der Waals surface area contributed by atoms with Crippen LogP contribution in [-0.2, 0) is 0 Å². The van der Waals surface area contributed by atoms with Crippen molar-refractivity contribution in [3.8, 4) is 11.1 Å². The van der Waals surface area contributed by atoms with E-state index in [0.717, 1.165) is 11.1 Å². The van der Waals surface area contributed by atoms with E-state index in [0.29, 0.717) is 16.9 Å². The van der Waals surface area contributed by atoms with Crippen LogP contribution in [0.5, 0.6) is 0 Å². The van der Waals surface area contributed by atoms with E-state index in [1.807, 2.05) is 62.6 Å². The number of hydrogen-bond acceptors (Lipinski definition) is 3. The van der Waals surface area contributed by atoms with Gasteiger partial charge in [-0.1, -0.05) is 36.4 Å². The second kappa shape index (κ2) is 4.85. The predicted molar refractivity (Wildman–Crippen MR) is 82.2 cm³/mol. The van der Waals surface area contributed by atoms with Crippen molar-refractivity contribution >= 4 is 16.9 Å². The molecule has 3 heteroatoms. The first-order valence-electron chi connectivity index (χ1n) is 6.46. The summed E-state index contributed by atoms with van der Waals surface area (Å²) in [6.45, 7) is 0. The van der Waals surface area contributed by atoms with Crippen molar-refractivity contribution < 1.29 is 4.42 Å². The lowest BCUT2D eigenvalue weighted by Gasteiger charge is -2.11. The smallest absolute Gasteiger partial charge is 0.199 e. The van der Waals surface area contributed by atoms with Crippen molar-refractivity contribution in [1.82, 2.24) is 0 Å². The molecule has 2 aromatic carbocycles. The van der Waals surface area contributed by atoms with Gasteiger partial charge in [0.25, 0.3) is 0 Å². The third kappa shape index (κ3) is 2.18. The van der Waals surface area contributed by atoms with E-state index in [2.05, 4.69) is 0 Å². The van der Waals surface area contributed by atoms with Gasteiger partial charge in [0.05, 0.1) is 5.39 Å². The van der Waals surface area contributed by atoms with Crippen LogP contribution in [-0.4, -0.2) is 14.1 Å². The lowest BCUT2D eigenvalue weighted by atomic mass is 10.0. The normalized spacial score (nSPS) is 10.7. The summed E-state index contributed by atoms with van der Waals surface area (Å²) in [5.74, 6) is 0.565. The van der Waals surface area contributed by atoms with Crippen LogP contribution < -0.4 is 10.3 Å². The second-order valence-electron chi connectivity index (χ2n) is 4.92. The van der Waals surface area contributed by atoms with Gasteiger partial charge in [0.1, 0.15) is 5.58 Å². The molecule has 0 saturated carbocycles. The van der Waals surface area contributed by atoms with Crippen LogP contribution in [0.2, 0.25) is 0 Å². The molecule has 100 valence electrons. The Labute approximate surface area is 117 Å². The maximum absolute atomic E-state index is 12.2. The minimum Gasteiger partial charge on any atom is -0.440 e. The summed E-state index contributed by atoms with van der Waals surface area (Å²) in [6.07, 6.45) is 0. The maximum Gasteiger partial charge on any atom is 0.199 e. The third-order valence-corrected chi connectivity index (χ3v) is 3.26. The zero-order valence-corrected chi connectivity index (χ0v) is 11.5. The van der Waals surface area contributed by atoms with Gasteiger partial charge in [0, 0.05) is 20.2 Å². The van der Waals surface area contributed by atoms with Crippen LogP contribution in [0, 0.1) is 0 Å². The van der Waals surface area contributed by atoms with Gasteiger partial charge in [-0.25, -0.2) is 0 Å². The molecule has 0 amide bonds. The standard InChI is InChI=1S/C17H15NO2/c1-18(2)17-11-15(19)14-10-13(8-9-16(14)20-17)12-6-4-3-5-7-12/h3-11H,1-2H3. The molecule has 3 rings (SSSR count). The van der Waals surface area contributed by atoms with Gasteiger partial charge in [-0.15, -0.1) is 0 Å². The average molecular weight is 265 g/mol. The highest BCUT2D eigenvalue weighted by Crippen LogP contribution is 2.24. The molecule has 1 aromatic heterocycles. The van der Waals surface area contributed by atoms with Crippen molar-refractivity contribution in [2.75, 3.05) is 19.0 Å². The molecule has 0 aliphatic heterocycles. The van der Waals surface area contributed by atoms with Crippen molar-refractivity contribution in [1.29, 1.82) is 0 Å². The van der Waals surface area contributed by atoms with Crippen LogP contribution in [0.3, 0.4) is 0 Å². The highest BCUT2D eigenvalue weighted by Gasteiger charge is 2.07. The fraction of sp³-hybridized carbons (Fsp3) is 0.118. The summed E-state index contributed by atoms with van der Waals surface area (Å²) < 4.78 is 5.72. The second-order valence-corrected chi connectivity index (χ2v) is 4.92. The first-order valence-corrected chi connectivity index (χ1v) is 6.46. The number of fused-ring (bicyclic) bond motifs is 1. The summed E-state index contributed by atoms with van der Waals surface area (Å²) in [4.78, 5) is 14.0. The SMILES string of the molecule is CN(C)c1cc(=O)c2cc(-c3ccccc3)ccc2o1. The average Bonchev–Trinajstić information content (AvgIpc) is 2.47. The molecule has 0 aliphatic carbocycles. The maximum atomic E-state index is 12.2. The zero-order chi connectivity index (χ0) is 14.1. The van der Waals surface area contributed by atoms with Gasteiger partial charge in [0.2, 0.25) is 0 Å². The molecule has 1 heterocycles. The van der Waals surface area contributed by atoms with Crippen LogP contribution in [0.15, 0.2) is 63.8 Å². The molecule has 0 spiro atoms. The van der Waals surface area contributed by atoms with E-state index >= 15 is 0 Å². The molecule has 0 fully saturated rings. The predicted octanol–water partition coefficient (Wildman–Crippen LogP) is 3.53. The topological polar surface area (TPSA) is 33.5 Å². The summed E-state index contributed by atoms with van der Waals surface area (Å²) in [6, 6.07) is 17.2. The van der Waals surface area contributed by atoms with E-state index in [-0.39, 0.29) is 5.43 Å². The number of rotatable bonds is 2. The van der Waals surface area contributed by atoms with E-state index in [1.165, 1.54) is 6.07 Å². The third-order valence-electron chi connectivity index (χ3n) is 3.26. The van der Waals surface area contributed by atoms with E-state index in [1.54, 1.807) is 4.90 Å². The Morgan fingerprint density at radius 1 is 0.900 bits per heavy atom. The first-order chi connectivity index (χ1) is 9.65. The summed E-state index contributed by atoms with van der Waals surface area (Å²) in [5.41, 5.74) is 2.70. The van der Waals surface area contributed by atoms with E-state index in [9.17, 15) is 4.79 Å². The molecule has 3 nitrogen and oxygen atoms in total. The summed E-state index contributed by atoms with van der Waals surface area (Å²) >= 11 is 0. The molecule has 0 unspecified atom stereocenters. The first kappa shape index (κ1) is 12.5. The molecule has 3 aromatic rings. The van der Waals surface area contributed by atoms with Gasteiger partial charge < -0.3 is 9.32 Å². The minimum absolute atomic E-state index is 0.0206. The van der Waals surface area contributed by atoms with Crippen LogP contribution >= 0.6 is 0 Å². The molecule has 20 heavy (non-hydrogen) atoms. The molecule has 0 atom stereocenters. The molecule has 0 saturated heterocycles. The molecule has 0 aliphatic rings. The van der Waals surface area contributed by atoms with Gasteiger partial charge in [-0.2, -0.15) is 0 Å². The highest BCUT2D eigenvalue weighted by atomic mass is 16.4. The number of nitrogens with zero attached hydrogens (tertiary/aromatic N) is 1. The Morgan fingerprint density at radius 3 is 2.35 bits per heavy atom. The molecule has 0 bridgehead atoms. The Balaban J connectivity index is 2.20. The van der Waals surface area contributed by atoms with Crippen LogP contribution in [0.4, 0.5) is 5.88 Å². The van der Waals surface area contributed by atoms with Gasteiger partial charge in [-0.3, -0.25) is 4.79 Å². The number of anilines is 1. The molecular formula is C17H15NO2. The largest absolute Gasteiger partial charge is 0.440 e. The zero-order valence-electron chi connectivity index (χ0n) is 11.5. The number of benzene rings is 2. The van der Waals surface area contributed by atoms with Gasteiger partial charge >= 0.3 is 0 Å². The fourth-order valence-electron chi connectivity index (χ4n) is 2.17. The lowest BCUT2D eigenvalue weighted by Crippen LogP contribution is -2.12. The van der Waals surface area contributed by atoms with Crippen molar-refractivity contribution in [3.63, 3.8) is 0 Å². The van der Waals surface area contributed by atoms with E-state index < -0.39 is 0 Å². The Bertz CT molecular complexity index is 804. The Hall–Kier alpha value is -2.55. The molecular weight excluding hydrogens is 250 g/mol. The quantitative estimate of drug-likeness (QED) is 0.710. The summed E-state index contributed by atoms with van der Waals surface area (Å²) in [7, 11) is 3.70. The highest BCUT2D eigenvalue weighted by molar-refractivity contribution is 5.83. The monoisotopic (exact) mass is 265 g/mol. The van der Waals surface area contributed by atoms with Crippen molar-refractivity contribution in [3.05, 3.63) is 64.8 Å². The van der Waals surface area contributed by atoms with Crippen molar-refractivity contribution in [2.24, 2.45) is 0 Å². The number of hydrogen-bond donors (Lipinski definition) is 0. The van der Waals surface area contributed by atoms with E-state index in [4.69, 9.17) is 4.42 Å². The summed E-state index contributed by atoms with van der Waals surface area (Å²) in [5, 5.41) is 0.608. The van der Waals surface area contributed by atoms with Crippen LogP contribution in [0.25, 0.3) is 22.1 Å². The molecule has 0 N–H and O–H groups in total. The molecule has 0 radical (unpaired) electrons.